The molecular weight excluding hydrogens is 526 g/mol. The Balaban J connectivity index is 2.07. The number of ether oxygens (including phenoxy) is 1. The molecule has 3 aromatic rings. The molecule has 0 aliphatic carbocycles. The quantitative estimate of drug-likeness (QED) is 0.354. The average molecular weight is 558 g/mol. The maximum Gasteiger partial charge on any atom is 0.264 e. The van der Waals surface area contributed by atoms with Crippen molar-refractivity contribution in [3.05, 3.63) is 89.4 Å². The van der Waals surface area contributed by atoms with Crippen LogP contribution in [0.1, 0.15) is 25.8 Å². The van der Waals surface area contributed by atoms with Crippen molar-refractivity contribution < 1.29 is 22.7 Å². The highest BCUT2D eigenvalue weighted by Gasteiger charge is 2.33. The Morgan fingerprint density at radius 1 is 0.974 bits per heavy atom. The fourth-order valence-electron chi connectivity index (χ4n) is 4.05. The molecule has 3 rings (SSSR count). The minimum Gasteiger partial charge on any atom is -0.495 e. The first-order chi connectivity index (χ1) is 18.2. The Hall–Kier alpha value is -3.56. The summed E-state index contributed by atoms with van der Waals surface area (Å²) in [6.07, 6.45) is 0.351. The maximum absolute atomic E-state index is 13.9. The molecule has 0 aliphatic heterocycles. The van der Waals surface area contributed by atoms with Crippen molar-refractivity contribution in [1.29, 1.82) is 0 Å². The highest BCUT2D eigenvalue weighted by atomic mass is 35.5. The lowest BCUT2D eigenvalue weighted by Gasteiger charge is -2.33. The molecule has 38 heavy (non-hydrogen) atoms. The molecule has 202 valence electrons. The van der Waals surface area contributed by atoms with E-state index in [1.165, 1.54) is 36.3 Å². The molecule has 2 amide bonds. The number of benzene rings is 3. The van der Waals surface area contributed by atoms with E-state index < -0.39 is 28.5 Å². The van der Waals surface area contributed by atoms with Gasteiger partial charge in [0.05, 0.1) is 22.7 Å². The molecule has 8 nitrogen and oxygen atoms in total. The fourth-order valence-corrected chi connectivity index (χ4v) is 5.73. The van der Waals surface area contributed by atoms with Gasteiger partial charge in [-0.1, -0.05) is 67.1 Å². The second-order valence-corrected chi connectivity index (χ2v) is 10.7. The van der Waals surface area contributed by atoms with Crippen molar-refractivity contribution in [1.82, 2.24) is 10.2 Å². The SMILES string of the molecule is CCNC(=O)[C@@H](CC)N(Cc1ccccc1)C(=O)CN(c1ccc(OC)c(Cl)c1)S(=O)(=O)c1ccccc1. The lowest BCUT2D eigenvalue weighted by Crippen LogP contribution is -2.52. The minimum atomic E-state index is -4.17. The van der Waals surface area contributed by atoms with Crippen molar-refractivity contribution >= 4 is 39.1 Å². The zero-order chi connectivity index (χ0) is 27.7. The van der Waals surface area contributed by atoms with E-state index in [1.54, 1.807) is 31.2 Å². The van der Waals surface area contributed by atoms with E-state index in [4.69, 9.17) is 16.3 Å². The Morgan fingerprint density at radius 2 is 1.61 bits per heavy atom. The van der Waals surface area contributed by atoms with Gasteiger partial charge in [-0.25, -0.2) is 8.42 Å². The molecule has 0 radical (unpaired) electrons. The fraction of sp³-hybridized carbons (Fsp3) is 0.286. The van der Waals surface area contributed by atoms with Gasteiger partial charge in [-0.2, -0.15) is 0 Å². The van der Waals surface area contributed by atoms with Crippen LogP contribution in [0.25, 0.3) is 0 Å². The average Bonchev–Trinajstić information content (AvgIpc) is 2.92. The number of hydrogen-bond donors (Lipinski definition) is 1. The molecule has 1 N–H and O–H groups in total. The number of halogens is 1. The lowest BCUT2D eigenvalue weighted by molar-refractivity contribution is -0.140. The van der Waals surface area contributed by atoms with Gasteiger partial charge < -0.3 is 15.0 Å². The van der Waals surface area contributed by atoms with Crippen LogP contribution in [-0.2, 0) is 26.2 Å². The van der Waals surface area contributed by atoms with Crippen LogP contribution in [0.5, 0.6) is 5.75 Å². The van der Waals surface area contributed by atoms with Crippen LogP contribution in [0, 0.1) is 0 Å². The molecule has 0 aliphatic rings. The van der Waals surface area contributed by atoms with E-state index >= 15 is 0 Å². The number of carbonyl (C=O) groups excluding carboxylic acids is 2. The van der Waals surface area contributed by atoms with Gasteiger partial charge in [-0.3, -0.25) is 13.9 Å². The summed E-state index contributed by atoms with van der Waals surface area (Å²) in [5.74, 6) is -0.463. The Kier molecular flexibility index (Phi) is 10.2. The first-order valence-electron chi connectivity index (χ1n) is 12.2. The van der Waals surface area contributed by atoms with Crippen molar-refractivity contribution in [3.63, 3.8) is 0 Å². The van der Waals surface area contributed by atoms with Gasteiger partial charge in [0.25, 0.3) is 10.0 Å². The zero-order valence-electron chi connectivity index (χ0n) is 21.6. The van der Waals surface area contributed by atoms with Crippen LogP contribution in [0.15, 0.2) is 83.8 Å². The topological polar surface area (TPSA) is 96.0 Å². The molecule has 0 heterocycles. The van der Waals surface area contributed by atoms with Crippen LogP contribution in [0.3, 0.4) is 0 Å². The molecule has 0 fully saturated rings. The minimum absolute atomic E-state index is 0.0186. The van der Waals surface area contributed by atoms with Crippen molar-refractivity contribution in [2.75, 3.05) is 24.5 Å². The highest BCUT2D eigenvalue weighted by molar-refractivity contribution is 7.92. The van der Waals surface area contributed by atoms with E-state index in [0.29, 0.717) is 18.7 Å². The summed E-state index contributed by atoms with van der Waals surface area (Å²) in [4.78, 5) is 28.3. The number of nitrogens with one attached hydrogen (secondary N) is 1. The van der Waals surface area contributed by atoms with Gasteiger partial charge in [-0.05, 0) is 49.2 Å². The molecule has 0 spiro atoms. The first-order valence-corrected chi connectivity index (χ1v) is 14.1. The number of amides is 2. The maximum atomic E-state index is 13.9. The Morgan fingerprint density at radius 3 is 2.16 bits per heavy atom. The van der Waals surface area contributed by atoms with E-state index in [-0.39, 0.29) is 28.1 Å². The van der Waals surface area contributed by atoms with Crippen LogP contribution in [0.2, 0.25) is 5.02 Å². The molecule has 0 saturated heterocycles. The van der Waals surface area contributed by atoms with Crippen molar-refractivity contribution in [2.24, 2.45) is 0 Å². The second kappa shape index (κ2) is 13.3. The Labute approximate surface area is 229 Å². The number of carbonyl (C=O) groups is 2. The van der Waals surface area contributed by atoms with Crippen molar-refractivity contribution in [3.8, 4) is 5.75 Å². The standard InChI is InChI=1S/C28H32ClN3O5S/c1-4-25(28(34)30-5-2)31(19-21-12-8-6-9-13-21)27(33)20-32(22-16-17-26(37-3)24(29)18-22)38(35,36)23-14-10-7-11-15-23/h6-18,25H,4-5,19-20H2,1-3H3,(H,30,34)/t25-/m1/s1. The summed E-state index contributed by atoms with van der Waals surface area (Å²) >= 11 is 6.33. The van der Waals surface area contributed by atoms with Gasteiger partial charge in [0.1, 0.15) is 18.3 Å². The van der Waals surface area contributed by atoms with Crippen LogP contribution in [-0.4, -0.2) is 51.4 Å². The van der Waals surface area contributed by atoms with Gasteiger partial charge in [0.15, 0.2) is 0 Å². The normalized spacial score (nSPS) is 11.9. The highest BCUT2D eigenvalue weighted by Crippen LogP contribution is 2.32. The molecule has 10 heteroatoms. The smallest absolute Gasteiger partial charge is 0.264 e. The summed E-state index contributed by atoms with van der Waals surface area (Å²) in [7, 11) is -2.71. The van der Waals surface area contributed by atoms with Gasteiger partial charge >= 0.3 is 0 Å². The number of sulfonamides is 1. The molecule has 0 unspecified atom stereocenters. The number of methoxy groups -OCH3 is 1. The summed E-state index contributed by atoms with van der Waals surface area (Å²) in [6.45, 7) is 3.62. The van der Waals surface area contributed by atoms with Crippen LogP contribution in [0.4, 0.5) is 5.69 Å². The predicted molar refractivity (Wildman–Crippen MR) is 149 cm³/mol. The van der Waals surface area contributed by atoms with E-state index in [2.05, 4.69) is 5.32 Å². The molecule has 0 saturated carbocycles. The number of likely N-dealkylation sites (N-methyl/N-ethyl adjacent to an activating group) is 1. The van der Waals surface area contributed by atoms with E-state index in [9.17, 15) is 18.0 Å². The van der Waals surface area contributed by atoms with E-state index in [0.717, 1.165) is 9.87 Å². The summed E-state index contributed by atoms with van der Waals surface area (Å²) in [6, 6.07) is 20.8. The van der Waals surface area contributed by atoms with Crippen LogP contribution >= 0.6 is 11.6 Å². The predicted octanol–water partition coefficient (Wildman–Crippen LogP) is 4.49. The zero-order valence-corrected chi connectivity index (χ0v) is 23.2. The monoisotopic (exact) mass is 557 g/mol. The van der Waals surface area contributed by atoms with Crippen molar-refractivity contribution in [2.45, 2.75) is 37.8 Å². The third kappa shape index (κ3) is 6.85. The molecule has 0 bridgehead atoms. The number of hydrogen-bond acceptors (Lipinski definition) is 5. The Bertz CT molecular complexity index is 1340. The summed E-state index contributed by atoms with van der Waals surface area (Å²) < 4.78 is 33.8. The van der Waals surface area contributed by atoms with Gasteiger partial charge in [0, 0.05) is 13.1 Å². The summed E-state index contributed by atoms with van der Waals surface area (Å²) in [5, 5.41) is 2.98. The number of nitrogens with zero attached hydrogens (tertiary/aromatic N) is 2. The van der Waals surface area contributed by atoms with Crippen LogP contribution < -0.4 is 14.4 Å². The number of rotatable bonds is 12. The third-order valence-corrected chi connectivity index (χ3v) is 8.05. The third-order valence-electron chi connectivity index (χ3n) is 5.97. The molecule has 0 aromatic heterocycles. The summed E-state index contributed by atoms with van der Waals surface area (Å²) in [5.41, 5.74) is 1.01. The lowest BCUT2D eigenvalue weighted by atomic mass is 10.1. The second-order valence-electron chi connectivity index (χ2n) is 8.47. The molecular formula is C28H32ClN3O5S. The first kappa shape index (κ1) is 29.0. The van der Waals surface area contributed by atoms with E-state index in [1.807, 2.05) is 37.3 Å². The largest absolute Gasteiger partial charge is 0.495 e. The molecule has 3 aromatic carbocycles. The van der Waals surface area contributed by atoms with Gasteiger partial charge in [-0.15, -0.1) is 0 Å². The molecule has 1 atom stereocenters. The van der Waals surface area contributed by atoms with Gasteiger partial charge in [0.2, 0.25) is 11.8 Å². The number of anilines is 1.